The molecule has 20 heavy (non-hydrogen) atoms. The number of aromatic nitrogens is 3. The van der Waals surface area contributed by atoms with Crippen LogP contribution in [0.4, 0.5) is 0 Å². The number of nitrogens with one attached hydrogen (secondary N) is 1. The first-order valence-electron chi connectivity index (χ1n) is 7.05. The van der Waals surface area contributed by atoms with Crippen LogP contribution in [0.3, 0.4) is 0 Å². The average molecular weight is 288 g/mol. The molecule has 1 aliphatic heterocycles. The molecule has 1 aromatic heterocycles. The molecule has 1 saturated heterocycles. The summed E-state index contributed by atoms with van der Waals surface area (Å²) >= 11 is 1.75. The molecule has 2 aromatic rings. The van der Waals surface area contributed by atoms with Crippen molar-refractivity contribution in [1.29, 1.82) is 0 Å². The zero-order valence-corrected chi connectivity index (χ0v) is 12.8. The zero-order chi connectivity index (χ0) is 13.9. The smallest absolute Gasteiger partial charge is 0.191 e. The SMILES string of the molecule is Cc1cccc(CSc2nnc(C3CCCN3)n2C)c1. The van der Waals surface area contributed by atoms with Crippen LogP contribution in [0.15, 0.2) is 29.4 Å². The van der Waals surface area contributed by atoms with E-state index in [-0.39, 0.29) is 0 Å². The maximum atomic E-state index is 4.36. The summed E-state index contributed by atoms with van der Waals surface area (Å²) in [7, 11) is 2.06. The molecule has 4 nitrogen and oxygen atoms in total. The topological polar surface area (TPSA) is 42.7 Å². The van der Waals surface area contributed by atoms with Gasteiger partial charge < -0.3 is 9.88 Å². The maximum absolute atomic E-state index is 4.36. The first-order valence-corrected chi connectivity index (χ1v) is 8.03. The normalized spacial score (nSPS) is 18.6. The van der Waals surface area contributed by atoms with Crippen molar-refractivity contribution in [1.82, 2.24) is 20.1 Å². The van der Waals surface area contributed by atoms with Crippen molar-refractivity contribution < 1.29 is 0 Å². The molecule has 2 heterocycles. The third-order valence-electron chi connectivity index (χ3n) is 3.69. The highest BCUT2D eigenvalue weighted by atomic mass is 32.2. The van der Waals surface area contributed by atoms with E-state index >= 15 is 0 Å². The number of rotatable bonds is 4. The van der Waals surface area contributed by atoms with Crippen LogP contribution < -0.4 is 5.32 Å². The van der Waals surface area contributed by atoms with Crippen LogP contribution in [-0.2, 0) is 12.8 Å². The third-order valence-corrected chi connectivity index (χ3v) is 4.78. The van der Waals surface area contributed by atoms with Gasteiger partial charge in [0.2, 0.25) is 0 Å². The molecule has 106 valence electrons. The minimum absolute atomic E-state index is 0.376. The van der Waals surface area contributed by atoms with E-state index in [1.54, 1.807) is 11.8 Å². The molecule has 1 atom stereocenters. The Morgan fingerprint density at radius 3 is 3.05 bits per heavy atom. The van der Waals surface area contributed by atoms with Crippen molar-refractivity contribution >= 4 is 11.8 Å². The molecule has 0 aliphatic carbocycles. The molecular weight excluding hydrogens is 268 g/mol. The van der Waals surface area contributed by atoms with Crippen LogP contribution in [-0.4, -0.2) is 21.3 Å². The van der Waals surface area contributed by atoms with E-state index in [1.807, 2.05) is 0 Å². The van der Waals surface area contributed by atoms with Crippen molar-refractivity contribution in [2.24, 2.45) is 7.05 Å². The number of benzene rings is 1. The quantitative estimate of drug-likeness (QED) is 0.879. The zero-order valence-electron chi connectivity index (χ0n) is 12.0. The lowest BCUT2D eigenvalue weighted by atomic mass is 10.2. The monoisotopic (exact) mass is 288 g/mol. The Morgan fingerprint density at radius 1 is 1.40 bits per heavy atom. The van der Waals surface area contributed by atoms with E-state index in [4.69, 9.17) is 0 Å². The van der Waals surface area contributed by atoms with Gasteiger partial charge in [-0.2, -0.15) is 0 Å². The van der Waals surface area contributed by atoms with Crippen molar-refractivity contribution in [2.45, 2.75) is 36.7 Å². The van der Waals surface area contributed by atoms with Crippen LogP contribution in [0, 0.1) is 6.92 Å². The molecule has 0 amide bonds. The van der Waals surface area contributed by atoms with E-state index < -0.39 is 0 Å². The van der Waals surface area contributed by atoms with E-state index in [0.29, 0.717) is 6.04 Å². The van der Waals surface area contributed by atoms with Crippen LogP contribution >= 0.6 is 11.8 Å². The third kappa shape index (κ3) is 2.88. The Bertz CT molecular complexity index is 587. The summed E-state index contributed by atoms with van der Waals surface area (Å²) in [5.41, 5.74) is 2.63. The predicted octanol–water partition coefficient (Wildman–Crippen LogP) is 2.84. The number of hydrogen-bond donors (Lipinski definition) is 1. The first-order chi connectivity index (χ1) is 9.74. The second-order valence-corrected chi connectivity index (χ2v) is 6.27. The number of thioether (sulfide) groups is 1. The summed E-state index contributed by atoms with van der Waals surface area (Å²) < 4.78 is 2.13. The molecule has 1 N–H and O–H groups in total. The van der Waals surface area contributed by atoms with Gasteiger partial charge >= 0.3 is 0 Å². The minimum Gasteiger partial charge on any atom is -0.308 e. The van der Waals surface area contributed by atoms with Crippen LogP contribution in [0.1, 0.15) is 35.8 Å². The highest BCUT2D eigenvalue weighted by Crippen LogP contribution is 2.26. The summed E-state index contributed by atoms with van der Waals surface area (Å²) in [5.74, 6) is 2.00. The van der Waals surface area contributed by atoms with Crippen molar-refractivity contribution in [2.75, 3.05) is 6.54 Å². The Labute approximate surface area is 124 Å². The van der Waals surface area contributed by atoms with Gasteiger partial charge in [0.25, 0.3) is 0 Å². The van der Waals surface area contributed by atoms with E-state index in [2.05, 4.69) is 58.3 Å². The first kappa shape index (κ1) is 13.6. The van der Waals surface area contributed by atoms with Crippen molar-refractivity contribution in [3.63, 3.8) is 0 Å². The second-order valence-electron chi connectivity index (χ2n) is 5.33. The van der Waals surface area contributed by atoms with Gasteiger partial charge in [-0.15, -0.1) is 10.2 Å². The van der Waals surface area contributed by atoms with Gasteiger partial charge in [0.05, 0.1) is 6.04 Å². The predicted molar refractivity (Wildman–Crippen MR) is 81.7 cm³/mol. The molecular formula is C15H20N4S. The molecule has 0 spiro atoms. The largest absolute Gasteiger partial charge is 0.308 e. The van der Waals surface area contributed by atoms with Gasteiger partial charge in [0.15, 0.2) is 11.0 Å². The summed E-state index contributed by atoms with van der Waals surface area (Å²) in [5, 5.41) is 13.2. The van der Waals surface area contributed by atoms with Crippen molar-refractivity contribution in [3.8, 4) is 0 Å². The minimum atomic E-state index is 0.376. The van der Waals surface area contributed by atoms with E-state index in [1.165, 1.54) is 17.5 Å². The second kappa shape index (κ2) is 5.97. The Morgan fingerprint density at radius 2 is 2.30 bits per heavy atom. The number of nitrogens with zero attached hydrogens (tertiary/aromatic N) is 3. The van der Waals surface area contributed by atoms with Gasteiger partial charge in [-0.1, -0.05) is 41.6 Å². The Kier molecular flexibility index (Phi) is 4.08. The highest BCUT2D eigenvalue weighted by Gasteiger charge is 2.22. The molecule has 1 unspecified atom stereocenters. The van der Waals surface area contributed by atoms with E-state index in [9.17, 15) is 0 Å². The molecule has 0 radical (unpaired) electrons. The molecule has 0 bridgehead atoms. The van der Waals surface area contributed by atoms with Gasteiger partial charge in [-0.3, -0.25) is 0 Å². The van der Waals surface area contributed by atoms with Gasteiger partial charge in [-0.05, 0) is 31.9 Å². The van der Waals surface area contributed by atoms with Gasteiger partial charge in [-0.25, -0.2) is 0 Å². The molecule has 1 aliphatic rings. The van der Waals surface area contributed by atoms with Gasteiger partial charge in [0.1, 0.15) is 0 Å². The Balaban J connectivity index is 1.69. The fraction of sp³-hybridized carbons (Fsp3) is 0.467. The molecule has 5 heteroatoms. The lowest BCUT2D eigenvalue weighted by Gasteiger charge is -2.09. The fourth-order valence-electron chi connectivity index (χ4n) is 2.61. The lowest BCUT2D eigenvalue weighted by molar-refractivity contribution is 0.569. The summed E-state index contributed by atoms with van der Waals surface area (Å²) in [6.07, 6.45) is 2.39. The van der Waals surface area contributed by atoms with Crippen LogP contribution in [0.25, 0.3) is 0 Å². The molecule has 1 fully saturated rings. The van der Waals surface area contributed by atoms with E-state index in [0.717, 1.165) is 29.7 Å². The number of aryl methyl sites for hydroxylation is 1. The summed E-state index contributed by atoms with van der Waals surface area (Å²) in [6, 6.07) is 9.00. The standard InChI is InChI=1S/C15H20N4S/c1-11-5-3-6-12(9-11)10-20-15-18-17-14(19(15)2)13-7-4-8-16-13/h3,5-6,9,13,16H,4,7-8,10H2,1-2H3. The Hall–Kier alpha value is -1.33. The summed E-state index contributed by atoms with van der Waals surface area (Å²) in [6.45, 7) is 3.21. The average Bonchev–Trinajstić information content (AvgIpc) is 3.06. The summed E-state index contributed by atoms with van der Waals surface area (Å²) in [4.78, 5) is 0. The molecule has 0 saturated carbocycles. The van der Waals surface area contributed by atoms with Crippen LogP contribution in [0.5, 0.6) is 0 Å². The fourth-order valence-corrected chi connectivity index (χ4v) is 3.47. The van der Waals surface area contributed by atoms with Gasteiger partial charge in [0, 0.05) is 12.8 Å². The van der Waals surface area contributed by atoms with Crippen molar-refractivity contribution in [3.05, 3.63) is 41.2 Å². The molecule has 3 rings (SSSR count). The number of hydrogen-bond acceptors (Lipinski definition) is 4. The highest BCUT2D eigenvalue weighted by molar-refractivity contribution is 7.98. The van der Waals surface area contributed by atoms with Crippen LogP contribution in [0.2, 0.25) is 0 Å². The lowest BCUT2D eigenvalue weighted by Crippen LogP contribution is -2.17. The molecule has 1 aromatic carbocycles. The maximum Gasteiger partial charge on any atom is 0.191 e.